The summed E-state index contributed by atoms with van der Waals surface area (Å²) in [6.07, 6.45) is 0.707. The molecule has 0 unspecified atom stereocenters. The number of aromatic nitrogens is 2. The molecule has 0 radical (unpaired) electrons. The Labute approximate surface area is 160 Å². The van der Waals surface area contributed by atoms with Gasteiger partial charge < -0.3 is 19.7 Å². The molecule has 0 spiro atoms. The lowest BCUT2D eigenvalue weighted by molar-refractivity contribution is -0.116. The van der Waals surface area contributed by atoms with Crippen LogP contribution in [0.1, 0.15) is 41.3 Å². The fraction of sp³-hybridized carbons (Fsp3) is 0.444. The van der Waals surface area contributed by atoms with Crippen LogP contribution in [0.3, 0.4) is 0 Å². The Hall–Kier alpha value is -2.68. The topological polar surface area (TPSA) is 111 Å². The Morgan fingerprint density at radius 3 is 2.67 bits per heavy atom. The molecule has 0 saturated carbocycles. The van der Waals surface area contributed by atoms with Gasteiger partial charge in [-0.2, -0.15) is 0 Å². The van der Waals surface area contributed by atoms with Crippen LogP contribution < -0.4 is 10.9 Å². The first kappa shape index (κ1) is 20.6. The van der Waals surface area contributed by atoms with Crippen LogP contribution in [0, 0.1) is 12.8 Å². The molecule has 2 N–H and O–H groups in total. The van der Waals surface area contributed by atoms with Gasteiger partial charge in [0.2, 0.25) is 5.91 Å². The molecule has 2 heterocycles. The third kappa shape index (κ3) is 5.40. The number of anilines is 1. The highest BCUT2D eigenvalue weighted by molar-refractivity contribution is 7.16. The Kier molecular flexibility index (Phi) is 6.73. The van der Waals surface area contributed by atoms with Gasteiger partial charge in [-0.1, -0.05) is 13.8 Å². The summed E-state index contributed by atoms with van der Waals surface area (Å²) in [5.41, 5.74) is 0.410. The number of nitrogens with zero attached hydrogens (tertiary/aromatic N) is 2. The standard InChI is InChI=1S/C18H23N3O5S/c1-10(2)7-13-16(17(25)26-4)20-18(27-13)19-14(23)5-6-21-11(3)8-12(22)9-15(21)24/h8-10,22H,5-7H2,1-4H3,(H,19,20,23). The molecular formula is C18H23N3O5S. The zero-order valence-electron chi connectivity index (χ0n) is 15.7. The van der Waals surface area contributed by atoms with Gasteiger partial charge in [-0.05, 0) is 25.3 Å². The Balaban J connectivity index is 2.08. The molecule has 2 aromatic heterocycles. The van der Waals surface area contributed by atoms with E-state index in [1.165, 1.54) is 29.1 Å². The third-order valence-corrected chi connectivity index (χ3v) is 4.79. The van der Waals surface area contributed by atoms with Gasteiger partial charge in [-0.15, -0.1) is 11.3 Å². The van der Waals surface area contributed by atoms with Crippen LogP contribution in [0.2, 0.25) is 0 Å². The predicted molar refractivity (Wildman–Crippen MR) is 102 cm³/mol. The van der Waals surface area contributed by atoms with Gasteiger partial charge in [0.1, 0.15) is 5.75 Å². The number of nitrogens with one attached hydrogen (secondary N) is 1. The number of methoxy groups -OCH3 is 1. The van der Waals surface area contributed by atoms with Gasteiger partial charge in [0.15, 0.2) is 10.8 Å². The van der Waals surface area contributed by atoms with Crippen LogP contribution in [0.25, 0.3) is 0 Å². The number of carbonyl (C=O) groups excluding carboxylic acids is 2. The highest BCUT2D eigenvalue weighted by Crippen LogP contribution is 2.26. The summed E-state index contributed by atoms with van der Waals surface area (Å²) >= 11 is 1.24. The second-order valence-electron chi connectivity index (χ2n) is 6.52. The molecule has 2 aromatic rings. The molecular weight excluding hydrogens is 370 g/mol. The summed E-state index contributed by atoms with van der Waals surface area (Å²) in [6, 6.07) is 2.56. The summed E-state index contributed by atoms with van der Waals surface area (Å²) in [6.45, 7) is 5.90. The molecule has 2 rings (SSSR count). The maximum absolute atomic E-state index is 12.2. The number of hydrogen-bond acceptors (Lipinski definition) is 7. The SMILES string of the molecule is COC(=O)c1nc(NC(=O)CCn2c(C)cc(O)cc2=O)sc1CC(C)C. The quantitative estimate of drug-likeness (QED) is 0.699. The van der Waals surface area contributed by atoms with E-state index in [2.05, 4.69) is 10.3 Å². The van der Waals surface area contributed by atoms with Gasteiger partial charge in [-0.25, -0.2) is 9.78 Å². The maximum atomic E-state index is 12.2. The van der Waals surface area contributed by atoms with Crippen LogP contribution in [0.4, 0.5) is 5.13 Å². The molecule has 1 amide bonds. The maximum Gasteiger partial charge on any atom is 0.357 e. The average Bonchev–Trinajstić information content (AvgIpc) is 2.94. The Morgan fingerprint density at radius 2 is 2.07 bits per heavy atom. The van der Waals surface area contributed by atoms with Gasteiger partial charge in [-0.3, -0.25) is 9.59 Å². The van der Waals surface area contributed by atoms with E-state index in [4.69, 9.17) is 4.74 Å². The zero-order chi connectivity index (χ0) is 20.1. The summed E-state index contributed by atoms with van der Waals surface area (Å²) in [5.74, 6) is -0.639. The van der Waals surface area contributed by atoms with Crippen LogP contribution in [0.5, 0.6) is 5.75 Å². The number of aromatic hydroxyl groups is 1. The van der Waals surface area contributed by atoms with Crippen molar-refractivity contribution >= 4 is 28.3 Å². The minimum absolute atomic E-state index is 0.0537. The Bertz CT molecular complexity index is 901. The van der Waals surface area contributed by atoms with E-state index in [1.54, 1.807) is 6.92 Å². The number of thiazole rings is 1. The highest BCUT2D eigenvalue weighted by atomic mass is 32.1. The molecule has 0 saturated heterocycles. The van der Waals surface area contributed by atoms with Crippen molar-refractivity contribution < 1.29 is 19.4 Å². The van der Waals surface area contributed by atoms with Gasteiger partial charge >= 0.3 is 5.97 Å². The fourth-order valence-electron chi connectivity index (χ4n) is 2.56. The van der Waals surface area contributed by atoms with E-state index in [1.807, 2.05) is 13.8 Å². The van der Waals surface area contributed by atoms with Crippen molar-refractivity contribution in [2.45, 2.75) is 40.2 Å². The molecule has 0 aliphatic rings. The minimum Gasteiger partial charge on any atom is -0.508 e. The van der Waals surface area contributed by atoms with Crippen LogP contribution in [-0.2, 0) is 22.5 Å². The predicted octanol–water partition coefficient (Wildman–Crippen LogP) is 2.33. The Morgan fingerprint density at radius 1 is 1.37 bits per heavy atom. The molecule has 0 aliphatic carbocycles. The number of esters is 1. The normalized spacial score (nSPS) is 10.9. The van der Waals surface area contributed by atoms with E-state index in [9.17, 15) is 19.5 Å². The number of rotatable bonds is 7. The molecule has 146 valence electrons. The fourth-order valence-corrected chi connectivity index (χ4v) is 3.74. The van der Waals surface area contributed by atoms with Crippen molar-refractivity contribution in [1.29, 1.82) is 0 Å². The third-order valence-electron chi connectivity index (χ3n) is 3.80. The van der Waals surface area contributed by atoms with Crippen molar-refractivity contribution in [3.05, 3.63) is 38.8 Å². The van der Waals surface area contributed by atoms with Crippen LogP contribution >= 0.6 is 11.3 Å². The smallest absolute Gasteiger partial charge is 0.357 e. The summed E-state index contributed by atoms with van der Waals surface area (Å²) in [4.78, 5) is 41.0. The first-order valence-corrected chi connectivity index (χ1v) is 9.31. The first-order chi connectivity index (χ1) is 12.7. The number of ether oxygens (including phenoxy) is 1. The van der Waals surface area contributed by atoms with E-state index < -0.39 is 5.97 Å². The second-order valence-corrected chi connectivity index (χ2v) is 7.61. The lowest BCUT2D eigenvalue weighted by atomic mass is 10.1. The highest BCUT2D eigenvalue weighted by Gasteiger charge is 2.20. The molecule has 9 heteroatoms. The van der Waals surface area contributed by atoms with Gasteiger partial charge in [0, 0.05) is 29.6 Å². The average molecular weight is 393 g/mol. The molecule has 0 fully saturated rings. The van der Waals surface area contributed by atoms with Crippen molar-refractivity contribution in [3.8, 4) is 5.75 Å². The molecule has 27 heavy (non-hydrogen) atoms. The largest absolute Gasteiger partial charge is 0.508 e. The van der Waals surface area contributed by atoms with Crippen molar-refractivity contribution in [2.24, 2.45) is 5.92 Å². The molecule has 0 atom stereocenters. The lowest BCUT2D eigenvalue weighted by Gasteiger charge is -2.09. The van der Waals surface area contributed by atoms with Crippen molar-refractivity contribution in [1.82, 2.24) is 9.55 Å². The summed E-state index contributed by atoms with van der Waals surface area (Å²) < 4.78 is 6.16. The van der Waals surface area contributed by atoms with Crippen LogP contribution in [0.15, 0.2) is 16.9 Å². The monoisotopic (exact) mass is 393 g/mol. The van der Waals surface area contributed by atoms with E-state index in [0.29, 0.717) is 23.2 Å². The van der Waals surface area contributed by atoms with E-state index in [0.717, 1.165) is 10.9 Å². The summed E-state index contributed by atoms with van der Waals surface area (Å²) in [5, 5.41) is 12.4. The number of aryl methyl sites for hydroxylation is 1. The lowest BCUT2D eigenvalue weighted by Crippen LogP contribution is -2.24. The first-order valence-electron chi connectivity index (χ1n) is 8.49. The van der Waals surface area contributed by atoms with E-state index >= 15 is 0 Å². The van der Waals surface area contributed by atoms with Gasteiger partial charge in [0.25, 0.3) is 5.56 Å². The zero-order valence-corrected chi connectivity index (χ0v) is 16.6. The second kappa shape index (κ2) is 8.81. The molecule has 8 nitrogen and oxygen atoms in total. The minimum atomic E-state index is -0.534. The van der Waals surface area contributed by atoms with E-state index in [-0.39, 0.29) is 35.9 Å². The summed E-state index contributed by atoms with van der Waals surface area (Å²) in [7, 11) is 1.29. The number of hydrogen-bond donors (Lipinski definition) is 2. The number of carbonyl (C=O) groups is 2. The number of pyridine rings is 1. The van der Waals surface area contributed by atoms with Crippen LogP contribution in [-0.4, -0.2) is 33.6 Å². The number of amides is 1. The van der Waals surface area contributed by atoms with Gasteiger partial charge in [0.05, 0.1) is 7.11 Å². The van der Waals surface area contributed by atoms with Crippen molar-refractivity contribution in [3.63, 3.8) is 0 Å². The van der Waals surface area contributed by atoms with Crippen molar-refractivity contribution in [2.75, 3.05) is 12.4 Å². The molecule has 0 bridgehead atoms. The molecule has 0 aliphatic heterocycles. The molecule has 0 aromatic carbocycles.